The smallest absolute Gasteiger partial charge is 0.303 e. The molecule has 1 rings (SSSR count). The lowest BCUT2D eigenvalue weighted by Gasteiger charge is -2.17. The van der Waals surface area contributed by atoms with Crippen LogP contribution in [0.1, 0.15) is 43.0 Å². The molecule has 5 heteroatoms. The number of hydrogen-bond donors (Lipinski definition) is 2. The van der Waals surface area contributed by atoms with Gasteiger partial charge in [-0.2, -0.15) is 0 Å². The molecule has 0 saturated carbocycles. The number of carboxylic acids is 1. The second kappa shape index (κ2) is 9.13. The van der Waals surface area contributed by atoms with Gasteiger partial charge in [-0.1, -0.05) is 13.3 Å². The number of rotatable bonds is 10. The van der Waals surface area contributed by atoms with Gasteiger partial charge in [0.05, 0.1) is 13.2 Å². The largest absolute Gasteiger partial charge is 0.497 e. The van der Waals surface area contributed by atoms with Gasteiger partial charge in [0.15, 0.2) is 5.78 Å². The van der Waals surface area contributed by atoms with Crippen LogP contribution < -0.4 is 10.1 Å². The van der Waals surface area contributed by atoms with E-state index in [1.807, 2.05) is 0 Å². The van der Waals surface area contributed by atoms with Crippen molar-refractivity contribution in [3.8, 4) is 5.75 Å². The maximum Gasteiger partial charge on any atom is 0.303 e. The highest BCUT2D eigenvalue weighted by Gasteiger charge is 2.20. The Morgan fingerprint density at radius 3 is 2.48 bits per heavy atom. The van der Waals surface area contributed by atoms with Crippen LogP contribution in [0.5, 0.6) is 5.75 Å². The molecule has 0 aliphatic heterocycles. The van der Waals surface area contributed by atoms with Crippen LogP contribution in [0.3, 0.4) is 0 Å². The van der Waals surface area contributed by atoms with Crippen LogP contribution in [-0.2, 0) is 4.79 Å². The molecule has 0 aliphatic rings. The van der Waals surface area contributed by atoms with E-state index in [2.05, 4.69) is 12.2 Å². The van der Waals surface area contributed by atoms with Crippen molar-refractivity contribution in [1.82, 2.24) is 5.32 Å². The fourth-order valence-electron chi connectivity index (χ4n) is 2.00. The monoisotopic (exact) mass is 293 g/mol. The first-order chi connectivity index (χ1) is 10.1. The number of carbonyl (C=O) groups excluding carboxylic acids is 1. The minimum absolute atomic E-state index is 0.0221. The zero-order valence-corrected chi connectivity index (χ0v) is 12.6. The molecule has 2 N–H and O–H groups in total. The zero-order chi connectivity index (χ0) is 15.7. The highest BCUT2D eigenvalue weighted by Crippen LogP contribution is 2.14. The Bertz CT molecular complexity index is 456. The maximum atomic E-state index is 12.5. The number of ketones is 1. The van der Waals surface area contributed by atoms with Gasteiger partial charge in [0.25, 0.3) is 0 Å². The normalized spacial score (nSPS) is 11.9. The third-order valence-electron chi connectivity index (χ3n) is 3.26. The quantitative estimate of drug-likeness (QED) is 0.512. The lowest BCUT2D eigenvalue weighted by Crippen LogP contribution is -2.37. The zero-order valence-electron chi connectivity index (χ0n) is 12.6. The van der Waals surface area contributed by atoms with E-state index < -0.39 is 12.0 Å². The van der Waals surface area contributed by atoms with Crippen LogP contribution in [-0.4, -0.2) is 36.6 Å². The Kier molecular flexibility index (Phi) is 7.46. The average Bonchev–Trinajstić information content (AvgIpc) is 2.50. The molecule has 0 bridgehead atoms. The predicted octanol–water partition coefficient (Wildman–Crippen LogP) is 2.50. The minimum Gasteiger partial charge on any atom is -0.497 e. The molecule has 1 aromatic carbocycles. The number of benzene rings is 1. The average molecular weight is 293 g/mol. The van der Waals surface area contributed by atoms with Gasteiger partial charge in [-0.05, 0) is 43.7 Å². The summed E-state index contributed by atoms with van der Waals surface area (Å²) in [6.07, 6.45) is 2.25. The fourth-order valence-corrected chi connectivity index (χ4v) is 2.00. The molecule has 1 aromatic rings. The molecule has 0 amide bonds. The van der Waals surface area contributed by atoms with E-state index >= 15 is 0 Å². The molecule has 0 fully saturated rings. The third kappa shape index (κ3) is 5.95. The summed E-state index contributed by atoms with van der Waals surface area (Å²) in [5.41, 5.74) is 0.565. The lowest BCUT2D eigenvalue weighted by atomic mass is 10.00. The summed E-state index contributed by atoms with van der Waals surface area (Å²) < 4.78 is 5.06. The molecule has 0 spiro atoms. The molecule has 1 atom stereocenters. The molecule has 0 aliphatic carbocycles. The first kappa shape index (κ1) is 17.2. The van der Waals surface area contributed by atoms with Gasteiger partial charge in [0.2, 0.25) is 0 Å². The summed E-state index contributed by atoms with van der Waals surface area (Å²) >= 11 is 0. The molecule has 1 unspecified atom stereocenters. The van der Waals surface area contributed by atoms with E-state index in [9.17, 15) is 9.59 Å². The highest BCUT2D eigenvalue weighted by molar-refractivity contribution is 6.00. The van der Waals surface area contributed by atoms with Crippen LogP contribution in [0.2, 0.25) is 0 Å². The van der Waals surface area contributed by atoms with E-state index in [-0.39, 0.29) is 12.2 Å². The highest BCUT2D eigenvalue weighted by atomic mass is 16.5. The van der Waals surface area contributed by atoms with Gasteiger partial charge < -0.3 is 15.2 Å². The Morgan fingerprint density at radius 1 is 1.29 bits per heavy atom. The van der Waals surface area contributed by atoms with Crippen molar-refractivity contribution < 1.29 is 19.4 Å². The van der Waals surface area contributed by atoms with Crippen LogP contribution in [0, 0.1) is 0 Å². The molecule has 5 nitrogen and oxygen atoms in total. The summed E-state index contributed by atoms with van der Waals surface area (Å²) in [7, 11) is 1.57. The second-order valence-electron chi connectivity index (χ2n) is 4.89. The standard InChI is InChI=1S/C16H23NO4/c1-3-4-11-17-14(9-10-15(18)19)16(20)12-5-7-13(21-2)8-6-12/h5-8,14,17H,3-4,9-11H2,1-2H3,(H,18,19). The number of hydrogen-bond acceptors (Lipinski definition) is 4. The lowest BCUT2D eigenvalue weighted by molar-refractivity contribution is -0.137. The van der Waals surface area contributed by atoms with Crippen LogP contribution in [0.15, 0.2) is 24.3 Å². The van der Waals surface area contributed by atoms with Crippen LogP contribution in [0.25, 0.3) is 0 Å². The molecular weight excluding hydrogens is 270 g/mol. The van der Waals surface area contributed by atoms with Crippen molar-refractivity contribution in [2.75, 3.05) is 13.7 Å². The molecule has 0 radical (unpaired) electrons. The van der Waals surface area contributed by atoms with Crippen LogP contribution >= 0.6 is 0 Å². The molecule has 0 aromatic heterocycles. The van der Waals surface area contributed by atoms with Gasteiger partial charge in [0, 0.05) is 12.0 Å². The van der Waals surface area contributed by atoms with Gasteiger partial charge >= 0.3 is 5.97 Å². The summed E-state index contributed by atoms with van der Waals surface area (Å²) in [6, 6.07) is 6.41. The van der Waals surface area contributed by atoms with Crippen molar-refractivity contribution in [2.24, 2.45) is 0 Å². The molecular formula is C16H23NO4. The first-order valence-corrected chi connectivity index (χ1v) is 7.22. The SMILES string of the molecule is CCCCNC(CCC(=O)O)C(=O)c1ccc(OC)cc1. The van der Waals surface area contributed by atoms with E-state index in [0.29, 0.717) is 24.3 Å². The minimum atomic E-state index is -0.889. The molecule has 0 heterocycles. The van der Waals surface area contributed by atoms with Crippen molar-refractivity contribution in [2.45, 2.75) is 38.6 Å². The number of carboxylic acid groups (broad SMARTS) is 1. The van der Waals surface area contributed by atoms with Gasteiger partial charge in [-0.3, -0.25) is 9.59 Å². The van der Waals surface area contributed by atoms with E-state index in [0.717, 1.165) is 12.8 Å². The summed E-state index contributed by atoms with van der Waals surface area (Å²) in [5.74, 6) is -0.276. The van der Waals surface area contributed by atoms with Crippen molar-refractivity contribution in [1.29, 1.82) is 0 Å². The number of ether oxygens (including phenoxy) is 1. The Morgan fingerprint density at radius 2 is 1.95 bits per heavy atom. The van der Waals surface area contributed by atoms with Gasteiger partial charge in [-0.25, -0.2) is 0 Å². The van der Waals surface area contributed by atoms with Crippen molar-refractivity contribution in [3.63, 3.8) is 0 Å². The number of unbranched alkanes of at least 4 members (excludes halogenated alkanes) is 1. The molecule has 21 heavy (non-hydrogen) atoms. The predicted molar refractivity (Wildman–Crippen MR) is 80.9 cm³/mol. The third-order valence-corrected chi connectivity index (χ3v) is 3.26. The Labute approximate surface area is 125 Å². The second-order valence-corrected chi connectivity index (χ2v) is 4.89. The topological polar surface area (TPSA) is 75.6 Å². The van der Waals surface area contributed by atoms with E-state index in [1.165, 1.54) is 0 Å². The number of carbonyl (C=O) groups is 2. The van der Waals surface area contributed by atoms with E-state index in [1.54, 1.807) is 31.4 Å². The Hall–Kier alpha value is -1.88. The van der Waals surface area contributed by atoms with Gasteiger partial charge in [0.1, 0.15) is 5.75 Å². The van der Waals surface area contributed by atoms with Crippen molar-refractivity contribution in [3.05, 3.63) is 29.8 Å². The van der Waals surface area contributed by atoms with Crippen LogP contribution in [0.4, 0.5) is 0 Å². The maximum absolute atomic E-state index is 12.5. The number of Topliss-reactive ketones (excluding diaryl/α,β-unsaturated/α-hetero) is 1. The fraction of sp³-hybridized carbons (Fsp3) is 0.500. The van der Waals surface area contributed by atoms with E-state index in [4.69, 9.17) is 9.84 Å². The van der Waals surface area contributed by atoms with Gasteiger partial charge in [-0.15, -0.1) is 0 Å². The molecule has 116 valence electrons. The summed E-state index contributed by atoms with van der Waals surface area (Å²) in [4.78, 5) is 23.2. The summed E-state index contributed by atoms with van der Waals surface area (Å²) in [6.45, 7) is 2.78. The molecule has 0 saturated heterocycles. The van der Waals surface area contributed by atoms with Crippen molar-refractivity contribution >= 4 is 11.8 Å². The number of methoxy groups -OCH3 is 1. The first-order valence-electron chi connectivity index (χ1n) is 7.22. The summed E-state index contributed by atoms with van der Waals surface area (Å²) in [5, 5.41) is 12.0. The number of nitrogens with one attached hydrogen (secondary N) is 1. The number of aliphatic carboxylic acids is 1. The Balaban J connectivity index is 2.73.